The molecule has 7 nitrogen and oxygen atoms in total. The van der Waals surface area contributed by atoms with Crippen LogP contribution in [0.2, 0.25) is 0 Å². The number of thiophene rings is 1. The number of anilines is 1. The smallest absolute Gasteiger partial charge is 0.227 e. The van der Waals surface area contributed by atoms with Crippen molar-refractivity contribution in [2.24, 2.45) is 5.92 Å². The number of aromatic amines is 2. The molecule has 8 heteroatoms. The van der Waals surface area contributed by atoms with Gasteiger partial charge in [0, 0.05) is 50.0 Å². The number of amides is 1. The Balaban J connectivity index is 1.22. The zero-order chi connectivity index (χ0) is 26.3. The number of benzene rings is 1. The Kier molecular flexibility index (Phi) is 5.97. The zero-order valence-corrected chi connectivity index (χ0v) is 22.4. The van der Waals surface area contributed by atoms with E-state index in [9.17, 15) is 4.79 Å². The molecule has 194 valence electrons. The maximum absolute atomic E-state index is 12.8. The number of fused-ring (bicyclic) bond motifs is 2. The van der Waals surface area contributed by atoms with Crippen molar-refractivity contribution < 1.29 is 4.79 Å². The second kappa shape index (κ2) is 9.78. The molecule has 0 unspecified atom stereocenters. The van der Waals surface area contributed by atoms with Crippen LogP contribution in [0.15, 0.2) is 67.1 Å². The van der Waals surface area contributed by atoms with Crippen LogP contribution in [-0.2, 0) is 4.79 Å². The van der Waals surface area contributed by atoms with Crippen LogP contribution in [0.4, 0.5) is 5.69 Å². The van der Waals surface area contributed by atoms with Crippen LogP contribution in [0, 0.1) is 12.8 Å². The van der Waals surface area contributed by atoms with Gasteiger partial charge in [-0.05, 0) is 67.8 Å². The molecular formula is C31H28N6OS. The summed E-state index contributed by atoms with van der Waals surface area (Å²) in [6.07, 6.45) is 10.8. The van der Waals surface area contributed by atoms with Gasteiger partial charge in [0.1, 0.15) is 11.3 Å². The molecule has 0 aliphatic heterocycles. The molecule has 3 N–H and O–H groups in total. The summed E-state index contributed by atoms with van der Waals surface area (Å²) in [6.45, 7) is 2.12. The Labute approximate surface area is 229 Å². The van der Waals surface area contributed by atoms with Crippen LogP contribution < -0.4 is 5.32 Å². The zero-order valence-electron chi connectivity index (χ0n) is 21.6. The molecule has 0 atom stereocenters. The molecular weight excluding hydrogens is 504 g/mol. The molecule has 0 spiro atoms. The van der Waals surface area contributed by atoms with Gasteiger partial charge in [-0.3, -0.25) is 14.9 Å². The second-order valence-corrected chi connectivity index (χ2v) is 11.6. The van der Waals surface area contributed by atoms with Crippen molar-refractivity contribution in [3.8, 4) is 33.0 Å². The fourth-order valence-electron chi connectivity index (χ4n) is 5.62. The molecule has 1 fully saturated rings. The van der Waals surface area contributed by atoms with Crippen LogP contribution in [0.3, 0.4) is 0 Å². The molecule has 5 aromatic heterocycles. The highest BCUT2D eigenvalue weighted by Crippen LogP contribution is 2.37. The number of aryl methyl sites for hydroxylation is 1. The van der Waals surface area contributed by atoms with E-state index in [-0.39, 0.29) is 11.8 Å². The summed E-state index contributed by atoms with van der Waals surface area (Å²) in [7, 11) is 0. The van der Waals surface area contributed by atoms with Crippen molar-refractivity contribution in [3.63, 3.8) is 0 Å². The first-order chi connectivity index (χ1) is 19.1. The maximum Gasteiger partial charge on any atom is 0.227 e. The minimum atomic E-state index is 0.0994. The van der Waals surface area contributed by atoms with E-state index in [2.05, 4.69) is 73.8 Å². The number of hydrogen-bond donors (Lipinski definition) is 3. The Bertz CT molecular complexity index is 1820. The van der Waals surface area contributed by atoms with Crippen molar-refractivity contribution in [1.29, 1.82) is 0 Å². The predicted molar refractivity (Wildman–Crippen MR) is 158 cm³/mol. The maximum atomic E-state index is 12.8. The summed E-state index contributed by atoms with van der Waals surface area (Å²) in [5, 5.41) is 13.0. The quantitative estimate of drug-likeness (QED) is 0.212. The lowest BCUT2D eigenvalue weighted by molar-refractivity contribution is -0.120. The number of hydrogen-bond acceptors (Lipinski definition) is 5. The van der Waals surface area contributed by atoms with E-state index < -0.39 is 0 Å². The van der Waals surface area contributed by atoms with E-state index >= 15 is 0 Å². The minimum Gasteiger partial charge on any atom is -0.338 e. The first kappa shape index (κ1) is 23.8. The highest BCUT2D eigenvalue weighted by atomic mass is 32.1. The van der Waals surface area contributed by atoms with Crippen LogP contribution in [0.5, 0.6) is 0 Å². The number of rotatable bonds is 5. The van der Waals surface area contributed by atoms with Gasteiger partial charge in [0.2, 0.25) is 5.91 Å². The number of H-pyrrole nitrogens is 2. The van der Waals surface area contributed by atoms with E-state index in [1.54, 1.807) is 17.5 Å². The third kappa shape index (κ3) is 4.51. The molecule has 1 saturated carbocycles. The van der Waals surface area contributed by atoms with Crippen molar-refractivity contribution >= 4 is 44.9 Å². The first-order valence-corrected chi connectivity index (χ1v) is 14.2. The summed E-state index contributed by atoms with van der Waals surface area (Å²) in [4.78, 5) is 27.8. The molecule has 6 aromatic rings. The second-order valence-electron chi connectivity index (χ2n) is 10.3. The number of aromatic nitrogens is 5. The van der Waals surface area contributed by atoms with E-state index in [0.717, 1.165) is 75.8 Å². The topological polar surface area (TPSA) is 99.3 Å². The van der Waals surface area contributed by atoms with Crippen LogP contribution in [-0.4, -0.2) is 31.1 Å². The largest absolute Gasteiger partial charge is 0.338 e. The number of carbonyl (C=O) groups is 1. The van der Waals surface area contributed by atoms with Gasteiger partial charge in [-0.2, -0.15) is 5.10 Å². The van der Waals surface area contributed by atoms with Gasteiger partial charge >= 0.3 is 0 Å². The lowest BCUT2D eigenvalue weighted by Gasteiger charge is -2.20. The van der Waals surface area contributed by atoms with Gasteiger partial charge in [-0.1, -0.05) is 25.3 Å². The molecule has 1 aliphatic rings. The number of nitrogens with one attached hydrogen (secondary N) is 3. The van der Waals surface area contributed by atoms with E-state index in [1.165, 1.54) is 21.7 Å². The summed E-state index contributed by atoms with van der Waals surface area (Å²) in [5.41, 5.74) is 7.39. The van der Waals surface area contributed by atoms with Gasteiger partial charge in [-0.25, -0.2) is 4.98 Å². The van der Waals surface area contributed by atoms with Gasteiger partial charge in [0.05, 0.1) is 23.1 Å². The van der Waals surface area contributed by atoms with Gasteiger partial charge < -0.3 is 10.3 Å². The van der Waals surface area contributed by atoms with E-state index in [4.69, 9.17) is 0 Å². The molecule has 7 rings (SSSR count). The molecule has 5 heterocycles. The molecule has 0 saturated heterocycles. The molecule has 1 aromatic carbocycles. The Hall–Kier alpha value is -4.30. The third-order valence-corrected chi connectivity index (χ3v) is 8.70. The SMILES string of the molecule is Cc1ccc(-c2ccnc3[nH]c(-c4n[nH]c5ccc(-c6cncc(NC(=O)C7CCCCC7)c6)cc45)cc23)s1. The first-order valence-electron chi connectivity index (χ1n) is 13.4. The number of carbonyl (C=O) groups excluding carboxylic acids is 1. The van der Waals surface area contributed by atoms with Crippen molar-refractivity contribution in [1.82, 2.24) is 25.1 Å². The lowest BCUT2D eigenvalue weighted by Crippen LogP contribution is -2.24. The molecule has 0 radical (unpaired) electrons. The number of pyridine rings is 2. The number of nitrogens with zero attached hydrogens (tertiary/aromatic N) is 3. The fourth-order valence-corrected chi connectivity index (χ4v) is 6.53. The van der Waals surface area contributed by atoms with Crippen molar-refractivity contribution in [2.75, 3.05) is 5.32 Å². The highest BCUT2D eigenvalue weighted by Gasteiger charge is 2.21. The van der Waals surface area contributed by atoms with Crippen LogP contribution >= 0.6 is 11.3 Å². The third-order valence-electron chi connectivity index (χ3n) is 7.67. The normalized spacial score (nSPS) is 14.3. The van der Waals surface area contributed by atoms with Gasteiger partial charge in [0.25, 0.3) is 0 Å². The summed E-state index contributed by atoms with van der Waals surface area (Å²) >= 11 is 1.78. The van der Waals surface area contributed by atoms with Crippen LogP contribution in [0.25, 0.3) is 54.9 Å². The van der Waals surface area contributed by atoms with Gasteiger partial charge in [-0.15, -0.1) is 11.3 Å². The monoisotopic (exact) mass is 532 g/mol. The Morgan fingerprint density at radius 1 is 0.974 bits per heavy atom. The molecule has 39 heavy (non-hydrogen) atoms. The minimum absolute atomic E-state index is 0.0994. The summed E-state index contributed by atoms with van der Waals surface area (Å²) in [5.74, 6) is 0.202. The van der Waals surface area contributed by atoms with Gasteiger partial charge in [0.15, 0.2) is 0 Å². The average Bonchev–Trinajstić information content (AvgIpc) is 3.71. The predicted octanol–water partition coefficient (Wildman–Crippen LogP) is 7.72. The molecule has 1 aliphatic carbocycles. The van der Waals surface area contributed by atoms with Crippen molar-refractivity contribution in [2.45, 2.75) is 39.0 Å². The highest BCUT2D eigenvalue weighted by molar-refractivity contribution is 7.15. The lowest BCUT2D eigenvalue weighted by atomic mass is 9.88. The van der Waals surface area contributed by atoms with E-state index in [0.29, 0.717) is 0 Å². The summed E-state index contributed by atoms with van der Waals surface area (Å²) < 4.78 is 0. The molecule has 0 bridgehead atoms. The fraction of sp³-hybridized carbons (Fsp3) is 0.226. The Morgan fingerprint density at radius 3 is 2.72 bits per heavy atom. The summed E-state index contributed by atoms with van der Waals surface area (Å²) in [6, 6.07) is 16.7. The van der Waals surface area contributed by atoms with E-state index in [1.807, 2.05) is 24.5 Å². The standard InChI is InChI=1S/C31H28N6OS/c1-18-7-10-28(39-18)23-11-12-33-30-24(23)15-27(35-30)29-25-14-20(8-9-26(25)36-37-29)21-13-22(17-32-16-21)34-31(38)19-5-3-2-4-6-19/h7-17,19H,2-6H2,1H3,(H,33,35)(H,34,38)(H,36,37). The average molecular weight is 533 g/mol. The molecule has 1 amide bonds. The Morgan fingerprint density at radius 2 is 1.87 bits per heavy atom. The van der Waals surface area contributed by atoms with Crippen LogP contribution in [0.1, 0.15) is 37.0 Å². The van der Waals surface area contributed by atoms with Crippen molar-refractivity contribution in [3.05, 3.63) is 72.0 Å².